The van der Waals surface area contributed by atoms with Crippen molar-refractivity contribution in [2.24, 2.45) is 0 Å². The van der Waals surface area contributed by atoms with E-state index >= 15 is 0 Å². The molecule has 0 aromatic carbocycles. The van der Waals surface area contributed by atoms with Gasteiger partial charge < -0.3 is 15.5 Å². The summed E-state index contributed by atoms with van der Waals surface area (Å²) in [4.78, 5) is 8.86. The second-order valence-electron chi connectivity index (χ2n) is 3.36. The molecule has 2 N–H and O–H groups in total. The molecule has 0 unspecified atom stereocenters. The van der Waals surface area contributed by atoms with Crippen molar-refractivity contribution in [3.8, 4) is 0 Å². The van der Waals surface area contributed by atoms with Gasteiger partial charge in [-0.05, 0) is 6.54 Å². The molecule has 1 aliphatic heterocycles. The lowest BCUT2D eigenvalue weighted by molar-refractivity contribution is 0.271. The number of hydrogen-bond acceptors (Lipinski definition) is 6. The predicted molar refractivity (Wildman–Crippen MR) is 58.6 cm³/mol. The molecule has 0 bridgehead atoms. The Hall–Kier alpha value is -0.880. The van der Waals surface area contributed by atoms with E-state index in [1.54, 1.807) is 0 Å². The molecule has 1 aromatic rings. The van der Waals surface area contributed by atoms with Crippen LogP contribution in [0.4, 0.5) is 11.1 Å². The third-order valence-corrected chi connectivity index (χ3v) is 3.31. The summed E-state index contributed by atoms with van der Waals surface area (Å²) in [7, 11) is 0. The summed E-state index contributed by atoms with van der Waals surface area (Å²) in [5.41, 5.74) is 5.49. The second-order valence-corrected chi connectivity index (χ2v) is 4.09. The molecule has 0 spiro atoms. The first-order valence-electron chi connectivity index (χ1n) is 4.86. The van der Waals surface area contributed by atoms with Gasteiger partial charge in [-0.15, -0.1) is 0 Å². The molecule has 0 saturated carbocycles. The van der Waals surface area contributed by atoms with Crippen molar-refractivity contribution in [2.75, 3.05) is 43.4 Å². The molecular weight excluding hydrogens is 198 g/mol. The Bertz CT molecular complexity index is 292. The highest BCUT2D eigenvalue weighted by Crippen LogP contribution is 2.19. The lowest BCUT2D eigenvalue weighted by Gasteiger charge is -2.33. The van der Waals surface area contributed by atoms with Crippen LogP contribution in [-0.2, 0) is 0 Å². The van der Waals surface area contributed by atoms with Crippen molar-refractivity contribution in [2.45, 2.75) is 6.92 Å². The van der Waals surface area contributed by atoms with E-state index in [0.717, 1.165) is 37.9 Å². The van der Waals surface area contributed by atoms with Crippen molar-refractivity contribution in [3.63, 3.8) is 0 Å². The van der Waals surface area contributed by atoms with Gasteiger partial charge >= 0.3 is 0 Å². The number of anilines is 2. The lowest BCUT2D eigenvalue weighted by Crippen LogP contribution is -2.46. The molecule has 1 aliphatic rings. The number of hydrogen-bond donors (Lipinski definition) is 1. The fraction of sp³-hybridized carbons (Fsp3) is 0.750. The Morgan fingerprint density at radius 1 is 1.36 bits per heavy atom. The van der Waals surface area contributed by atoms with Crippen LogP contribution in [0.5, 0.6) is 0 Å². The quantitative estimate of drug-likeness (QED) is 0.764. The van der Waals surface area contributed by atoms with Crippen LogP contribution in [0.2, 0.25) is 0 Å². The monoisotopic (exact) mass is 213 g/mol. The average Bonchev–Trinajstić information content (AvgIpc) is 2.65. The van der Waals surface area contributed by atoms with Crippen molar-refractivity contribution < 1.29 is 0 Å². The van der Waals surface area contributed by atoms with Gasteiger partial charge in [-0.2, -0.15) is 9.36 Å². The minimum absolute atomic E-state index is 0.392. The van der Waals surface area contributed by atoms with Crippen LogP contribution in [0.15, 0.2) is 0 Å². The van der Waals surface area contributed by atoms with Gasteiger partial charge in [0.25, 0.3) is 0 Å². The zero-order valence-electron chi connectivity index (χ0n) is 8.31. The Labute approximate surface area is 87.7 Å². The minimum Gasteiger partial charge on any atom is -0.367 e. The Kier molecular flexibility index (Phi) is 2.83. The number of aromatic nitrogens is 2. The summed E-state index contributed by atoms with van der Waals surface area (Å²) in [5.74, 6) is 0.392. The fourth-order valence-electron chi connectivity index (χ4n) is 1.61. The van der Waals surface area contributed by atoms with Gasteiger partial charge in [-0.3, -0.25) is 0 Å². The van der Waals surface area contributed by atoms with Crippen molar-refractivity contribution in [1.29, 1.82) is 0 Å². The van der Waals surface area contributed by atoms with E-state index in [1.807, 2.05) is 0 Å². The normalized spacial score (nSPS) is 18.8. The molecule has 1 saturated heterocycles. The number of likely N-dealkylation sites (N-methyl/N-ethyl adjacent to an activating group) is 1. The summed E-state index contributed by atoms with van der Waals surface area (Å²) in [6, 6.07) is 0. The van der Waals surface area contributed by atoms with Crippen LogP contribution in [0.25, 0.3) is 0 Å². The Morgan fingerprint density at radius 2 is 2.07 bits per heavy atom. The van der Waals surface area contributed by atoms with E-state index in [2.05, 4.69) is 26.1 Å². The van der Waals surface area contributed by atoms with Crippen LogP contribution < -0.4 is 10.6 Å². The largest absolute Gasteiger partial charge is 0.367 e. The maximum Gasteiger partial charge on any atom is 0.233 e. The van der Waals surface area contributed by atoms with E-state index in [9.17, 15) is 0 Å². The summed E-state index contributed by atoms with van der Waals surface area (Å²) in [5, 5.41) is 0.957. The van der Waals surface area contributed by atoms with Gasteiger partial charge in [0.15, 0.2) is 0 Å². The highest BCUT2D eigenvalue weighted by atomic mass is 32.1. The van der Waals surface area contributed by atoms with Gasteiger partial charge in [0.05, 0.1) is 0 Å². The van der Waals surface area contributed by atoms with Gasteiger partial charge in [-0.1, -0.05) is 6.92 Å². The number of nitrogen functional groups attached to an aromatic ring is 1. The van der Waals surface area contributed by atoms with E-state index in [4.69, 9.17) is 5.73 Å². The van der Waals surface area contributed by atoms with Gasteiger partial charge in [0.1, 0.15) is 0 Å². The average molecular weight is 213 g/mol. The number of nitrogens with zero attached hydrogens (tertiary/aromatic N) is 4. The first kappa shape index (κ1) is 9.67. The maximum atomic E-state index is 5.49. The van der Waals surface area contributed by atoms with Crippen LogP contribution in [0.1, 0.15) is 6.92 Å². The summed E-state index contributed by atoms with van der Waals surface area (Å²) < 4.78 is 3.98. The third-order valence-electron chi connectivity index (χ3n) is 2.52. The van der Waals surface area contributed by atoms with Crippen LogP contribution in [-0.4, -0.2) is 47.0 Å². The van der Waals surface area contributed by atoms with Gasteiger partial charge in [-0.25, -0.2) is 0 Å². The molecule has 0 aliphatic carbocycles. The van der Waals surface area contributed by atoms with Crippen LogP contribution in [0.3, 0.4) is 0 Å². The van der Waals surface area contributed by atoms with E-state index in [-0.39, 0.29) is 0 Å². The third kappa shape index (κ3) is 1.96. The summed E-state index contributed by atoms with van der Waals surface area (Å²) in [6.07, 6.45) is 0. The van der Waals surface area contributed by atoms with Crippen molar-refractivity contribution in [3.05, 3.63) is 0 Å². The van der Waals surface area contributed by atoms with Gasteiger partial charge in [0, 0.05) is 37.7 Å². The van der Waals surface area contributed by atoms with Crippen molar-refractivity contribution in [1.82, 2.24) is 14.3 Å². The first-order chi connectivity index (χ1) is 6.79. The molecule has 78 valence electrons. The van der Waals surface area contributed by atoms with E-state index in [0.29, 0.717) is 5.95 Å². The molecule has 0 radical (unpaired) electrons. The van der Waals surface area contributed by atoms with Crippen LogP contribution in [0, 0.1) is 0 Å². The van der Waals surface area contributed by atoms with Crippen molar-refractivity contribution >= 4 is 22.6 Å². The zero-order chi connectivity index (χ0) is 9.97. The molecule has 5 nitrogen and oxygen atoms in total. The number of rotatable bonds is 2. The molecule has 6 heteroatoms. The molecule has 2 rings (SSSR count). The maximum absolute atomic E-state index is 5.49. The van der Waals surface area contributed by atoms with E-state index < -0.39 is 0 Å². The standard InChI is InChI=1S/C8H15N5S/c1-2-12-3-5-13(6-4-12)8-10-7(9)11-14-8/h2-6H2,1H3,(H2,9,11). The molecule has 2 heterocycles. The molecule has 1 aromatic heterocycles. The topological polar surface area (TPSA) is 58.3 Å². The minimum atomic E-state index is 0.392. The van der Waals surface area contributed by atoms with Gasteiger partial charge in [0.2, 0.25) is 11.1 Å². The molecule has 14 heavy (non-hydrogen) atoms. The number of nitrogens with two attached hydrogens (primary N) is 1. The van der Waals surface area contributed by atoms with Crippen LogP contribution >= 0.6 is 11.5 Å². The Balaban J connectivity index is 1.95. The predicted octanol–water partition coefficient (Wildman–Crippen LogP) is 0.262. The highest BCUT2D eigenvalue weighted by molar-refractivity contribution is 7.09. The molecule has 1 fully saturated rings. The molecule has 0 atom stereocenters. The SMILES string of the molecule is CCN1CCN(c2nc(N)ns2)CC1. The second kappa shape index (κ2) is 4.10. The lowest BCUT2D eigenvalue weighted by atomic mass is 10.3. The van der Waals surface area contributed by atoms with E-state index in [1.165, 1.54) is 11.5 Å². The number of piperazine rings is 1. The first-order valence-corrected chi connectivity index (χ1v) is 5.63. The smallest absolute Gasteiger partial charge is 0.233 e. The highest BCUT2D eigenvalue weighted by Gasteiger charge is 2.18. The summed E-state index contributed by atoms with van der Waals surface area (Å²) >= 11 is 1.39. The fourth-order valence-corrected chi connectivity index (χ4v) is 2.26. The summed E-state index contributed by atoms with van der Waals surface area (Å²) in [6.45, 7) is 7.60. The zero-order valence-corrected chi connectivity index (χ0v) is 9.13. The molecule has 0 amide bonds. The Morgan fingerprint density at radius 3 is 2.57 bits per heavy atom. The molecular formula is C8H15N5S.